The van der Waals surface area contributed by atoms with Crippen LogP contribution in [0, 0.1) is 0 Å². The summed E-state index contributed by atoms with van der Waals surface area (Å²) in [5.74, 6) is 1.27. The zero-order chi connectivity index (χ0) is 20.9. The summed E-state index contributed by atoms with van der Waals surface area (Å²) in [5.41, 5.74) is 4.51. The number of benzene rings is 3. The van der Waals surface area contributed by atoms with Gasteiger partial charge in [-0.25, -0.2) is 0 Å². The Bertz CT molecular complexity index is 1100. The molecule has 0 aliphatic carbocycles. The number of amides is 1. The highest BCUT2D eigenvalue weighted by atomic mass is 16.5. The smallest absolute Gasteiger partial charge is 0.258 e. The van der Waals surface area contributed by atoms with Crippen molar-refractivity contribution in [1.82, 2.24) is 4.90 Å². The summed E-state index contributed by atoms with van der Waals surface area (Å²) in [6.45, 7) is 0.518. The van der Waals surface area contributed by atoms with Gasteiger partial charge in [-0.05, 0) is 41.0 Å². The van der Waals surface area contributed by atoms with Crippen LogP contribution in [0.15, 0.2) is 90.5 Å². The number of nitrogens with zero attached hydrogens (tertiary/aromatic N) is 1. The maximum absolute atomic E-state index is 13.3. The molecule has 1 aliphatic heterocycles. The second kappa shape index (κ2) is 8.70. The van der Waals surface area contributed by atoms with Crippen molar-refractivity contribution in [3.05, 3.63) is 107 Å². The van der Waals surface area contributed by atoms with Gasteiger partial charge < -0.3 is 14.4 Å². The lowest BCUT2D eigenvalue weighted by Crippen LogP contribution is -2.25. The number of carbonyl (C=O) groups excluding carboxylic acids is 1. The van der Waals surface area contributed by atoms with Gasteiger partial charge in [-0.3, -0.25) is 4.79 Å². The summed E-state index contributed by atoms with van der Waals surface area (Å²) < 4.78 is 10.7. The van der Waals surface area contributed by atoms with Gasteiger partial charge in [0, 0.05) is 5.57 Å². The fourth-order valence-corrected chi connectivity index (χ4v) is 3.55. The van der Waals surface area contributed by atoms with Crippen LogP contribution in [0.3, 0.4) is 0 Å². The molecule has 1 aliphatic rings. The molecule has 0 N–H and O–H groups in total. The van der Waals surface area contributed by atoms with Crippen molar-refractivity contribution in [2.45, 2.75) is 6.54 Å². The lowest BCUT2D eigenvalue weighted by atomic mass is 10.1. The van der Waals surface area contributed by atoms with Crippen LogP contribution in [-0.2, 0) is 11.3 Å². The van der Waals surface area contributed by atoms with Crippen LogP contribution in [0.4, 0.5) is 0 Å². The minimum absolute atomic E-state index is 0.0208. The average Bonchev–Trinajstić information content (AvgIpc) is 3.10. The SMILES string of the molecule is COc1ccc(/C=C2\C=C(c3ccccc3)N(Cc3ccccc3)C2=O)cc1OC. The quantitative estimate of drug-likeness (QED) is 0.539. The van der Waals surface area contributed by atoms with E-state index in [-0.39, 0.29) is 5.91 Å². The minimum atomic E-state index is -0.0208. The third-order valence-electron chi connectivity index (χ3n) is 5.06. The van der Waals surface area contributed by atoms with Crippen molar-refractivity contribution in [3.63, 3.8) is 0 Å². The standard InChI is InChI=1S/C26H23NO3/c1-29-24-14-13-20(16-25(24)30-2)15-22-17-23(21-11-7-4-8-12-21)27(26(22)28)18-19-9-5-3-6-10-19/h3-17H,18H2,1-2H3/b22-15+. The number of methoxy groups -OCH3 is 2. The molecular formula is C26H23NO3. The fraction of sp³-hybridized carbons (Fsp3) is 0.115. The molecule has 3 aromatic rings. The Kier molecular flexibility index (Phi) is 5.66. The number of rotatable bonds is 6. The van der Waals surface area contributed by atoms with Gasteiger partial charge in [-0.1, -0.05) is 66.7 Å². The maximum Gasteiger partial charge on any atom is 0.258 e. The average molecular weight is 397 g/mol. The highest BCUT2D eigenvalue weighted by Crippen LogP contribution is 2.33. The van der Waals surface area contributed by atoms with Crippen molar-refractivity contribution in [1.29, 1.82) is 0 Å². The Labute approximate surface area is 176 Å². The first-order chi connectivity index (χ1) is 14.7. The van der Waals surface area contributed by atoms with Crippen LogP contribution in [0.2, 0.25) is 0 Å². The lowest BCUT2D eigenvalue weighted by Gasteiger charge is -2.20. The second-order valence-electron chi connectivity index (χ2n) is 6.99. The zero-order valence-electron chi connectivity index (χ0n) is 17.0. The molecule has 0 saturated heterocycles. The van der Waals surface area contributed by atoms with Gasteiger partial charge in [-0.2, -0.15) is 0 Å². The molecule has 3 aromatic carbocycles. The van der Waals surface area contributed by atoms with Crippen molar-refractivity contribution in [2.75, 3.05) is 14.2 Å². The number of hydrogen-bond donors (Lipinski definition) is 0. The molecule has 4 nitrogen and oxygen atoms in total. The lowest BCUT2D eigenvalue weighted by molar-refractivity contribution is -0.123. The van der Waals surface area contributed by atoms with Crippen molar-refractivity contribution in [2.24, 2.45) is 0 Å². The Morgan fingerprint density at radius 1 is 0.833 bits per heavy atom. The van der Waals surface area contributed by atoms with Crippen LogP contribution >= 0.6 is 0 Å². The van der Waals surface area contributed by atoms with Gasteiger partial charge >= 0.3 is 0 Å². The van der Waals surface area contributed by atoms with Crippen molar-refractivity contribution in [3.8, 4) is 11.5 Å². The molecular weight excluding hydrogens is 374 g/mol. The van der Waals surface area contributed by atoms with Crippen LogP contribution in [-0.4, -0.2) is 25.0 Å². The molecule has 1 amide bonds. The maximum atomic E-state index is 13.3. The van der Waals surface area contributed by atoms with Crippen LogP contribution in [0.1, 0.15) is 16.7 Å². The van der Waals surface area contributed by atoms with E-state index in [2.05, 4.69) is 0 Å². The number of ether oxygens (including phenoxy) is 2. The highest BCUT2D eigenvalue weighted by Gasteiger charge is 2.29. The van der Waals surface area contributed by atoms with E-state index >= 15 is 0 Å². The van der Waals surface area contributed by atoms with Crippen LogP contribution in [0.5, 0.6) is 11.5 Å². The first kappa shape index (κ1) is 19.5. The summed E-state index contributed by atoms with van der Waals surface area (Å²) >= 11 is 0. The van der Waals surface area contributed by atoms with Gasteiger partial charge in [0.2, 0.25) is 0 Å². The second-order valence-corrected chi connectivity index (χ2v) is 6.99. The number of hydrogen-bond acceptors (Lipinski definition) is 3. The third kappa shape index (κ3) is 3.98. The minimum Gasteiger partial charge on any atom is -0.493 e. The summed E-state index contributed by atoms with van der Waals surface area (Å²) in [6.07, 6.45) is 3.84. The van der Waals surface area contributed by atoms with Crippen molar-refractivity contribution < 1.29 is 14.3 Å². The Balaban J connectivity index is 1.73. The molecule has 4 heteroatoms. The molecule has 0 spiro atoms. The molecule has 0 aromatic heterocycles. The zero-order valence-corrected chi connectivity index (χ0v) is 17.0. The van der Waals surface area contributed by atoms with Gasteiger partial charge in [0.05, 0.1) is 26.5 Å². The number of carbonyl (C=O) groups is 1. The van der Waals surface area contributed by atoms with E-state index in [0.717, 1.165) is 22.4 Å². The predicted octanol–water partition coefficient (Wildman–Crippen LogP) is 5.17. The van der Waals surface area contributed by atoms with E-state index in [4.69, 9.17) is 9.47 Å². The van der Waals surface area contributed by atoms with E-state index in [0.29, 0.717) is 23.6 Å². The highest BCUT2D eigenvalue weighted by molar-refractivity contribution is 6.10. The van der Waals surface area contributed by atoms with Crippen LogP contribution < -0.4 is 9.47 Å². The molecule has 0 bridgehead atoms. The molecule has 0 radical (unpaired) electrons. The van der Waals surface area contributed by atoms with E-state index in [1.807, 2.05) is 95.9 Å². The van der Waals surface area contributed by atoms with E-state index < -0.39 is 0 Å². The summed E-state index contributed by atoms with van der Waals surface area (Å²) in [4.78, 5) is 15.2. The van der Waals surface area contributed by atoms with Gasteiger partial charge in [0.15, 0.2) is 11.5 Å². The third-order valence-corrected chi connectivity index (χ3v) is 5.06. The van der Waals surface area contributed by atoms with Crippen LogP contribution in [0.25, 0.3) is 11.8 Å². The predicted molar refractivity (Wildman–Crippen MR) is 119 cm³/mol. The topological polar surface area (TPSA) is 38.8 Å². The van der Waals surface area contributed by atoms with E-state index in [1.165, 1.54) is 0 Å². The Hall–Kier alpha value is -3.79. The molecule has 0 saturated carbocycles. The molecule has 0 unspecified atom stereocenters. The Morgan fingerprint density at radius 2 is 1.50 bits per heavy atom. The normalized spacial score (nSPS) is 14.7. The Morgan fingerprint density at radius 3 is 2.17 bits per heavy atom. The summed E-state index contributed by atoms with van der Waals surface area (Å²) in [5, 5.41) is 0. The van der Waals surface area contributed by atoms with Crippen molar-refractivity contribution >= 4 is 17.7 Å². The summed E-state index contributed by atoms with van der Waals surface area (Å²) in [6, 6.07) is 25.6. The molecule has 4 rings (SSSR count). The molecule has 0 atom stereocenters. The molecule has 0 fully saturated rings. The van der Waals surface area contributed by atoms with Gasteiger partial charge in [0.1, 0.15) is 0 Å². The molecule has 1 heterocycles. The largest absolute Gasteiger partial charge is 0.493 e. The van der Waals surface area contributed by atoms with Gasteiger partial charge in [-0.15, -0.1) is 0 Å². The van der Waals surface area contributed by atoms with E-state index in [9.17, 15) is 4.79 Å². The molecule has 150 valence electrons. The van der Waals surface area contributed by atoms with Gasteiger partial charge in [0.25, 0.3) is 5.91 Å². The summed E-state index contributed by atoms with van der Waals surface area (Å²) in [7, 11) is 3.21. The molecule has 30 heavy (non-hydrogen) atoms. The first-order valence-electron chi connectivity index (χ1n) is 9.76. The first-order valence-corrected chi connectivity index (χ1v) is 9.76. The van der Waals surface area contributed by atoms with E-state index in [1.54, 1.807) is 14.2 Å². The monoisotopic (exact) mass is 397 g/mol. The fourth-order valence-electron chi connectivity index (χ4n) is 3.55.